The van der Waals surface area contributed by atoms with E-state index in [4.69, 9.17) is 5.11 Å². The van der Waals surface area contributed by atoms with E-state index in [9.17, 15) is 4.79 Å². The van der Waals surface area contributed by atoms with Gasteiger partial charge in [0.2, 0.25) is 0 Å². The molecule has 1 aliphatic rings. The standard InChI is InChI=1S/C20H28N4O2/c1-23(18-8-3-2-4-9-18)14-16-7-5-6-10-19(16)22-20(26)17-13-21-24(15-17)11-12-25/h5-7,10,13,15,18,25H,2-4,8-9,11-12,14H2,1H3,(H,22,26). The number of anilines is 1. The summed E-state index contributed by atoms with van der Waals surface area (Å²) in [6.07, 6.45) is 9.67. The average molecular weight is 356 g/mol. The number of hydrogen-bond acceptors (Lipinski definition) is 4. The van der Waals surface area contributed by atoms with Crippen molar-refractivity contribution in [3.63, 3.8) is 0 Å². The van der Waals surface area contributed by atoms with Gasteiger partial charge in [0.15, 0.2) is 0 Å². The van der Waals surface area contributed by atoms with Gasteiger partial charge in [-0.15, -0.1) is 0 Å². The van der Waals surface area contributed by atoms with Crippen LogP contribution >= 0.6 is 0 Å². The molecule has 1 amide bonds. The number of nitrogens with zero attached hydrogens (tertiary/aromatic N) is 3. The van der Waals surface area contributed by atoms with Crippen molar-refractivity contribution >= 4 is 11.6 Å². The molecule has 0 bridgehead atoms. The highest BCUT2D eigenvalue weighted by Gasteiger charge is 2.19. The van der Waals surface area contributed by atoms with Gasteiger partial charge in [-0.05, 0) is 31.5 Å². The maximum absolute atomic E-state index is 12.5. The summed E-state index contributed by atoms with van der Waals surface area (Å²) in [6.45, 7) is 1.21. The summed E-state index contributed by atoms with van der Waals surface area (Å²) < 4.78 is 1.57. The molecule has 1 saturated carbocycles. The first-order valence-electron chi connectivity index (χ1n) is 9.40. The highest BCUT2D eigenvalue weighted by molar-refractivity contribution is 6.04. The van der Waals surface area contributed by atoms with E-state index in [0.29, 0.717) is 18.2 Å². The molecule has 140 valence electrons. The molecular formula is C20H28N4O2. The van der Waals surface area contributed by atoms with E-state index in [1.54, 1.807) is 10.9 Å². The summed E-state index contributed by atoms with van der Waals surface area (Å²) in [7, 11) is 2.17. The highest BCUT2D eigenvalue weighted by atomic mass is 16.3. The number of benzene rings is 1. The summed E-state index contributed by atoms with van der Waals surface area (Å²) >= 11 is 0. The Bertz CT molecular complexity index is 722. The van der Waals surface area contributed by atoms with Crippen LogP contribution in [0.5, 0.6) is 0 Å². The van der Waals surface area contributed by atoms with Crippen molar-refractivity contribution in [3.05, 3.63) is 47.8 Å². The van der Waals surface area contributed by atoms with Crippen LogP contribution in [-0.4, -0.2) is 45.4 Å². The van der Waals surface area contributed by atoms with Gasteiger partial charge in [0, 0.05) is 24.5 Å². The molecule has 6 heteroatoms. The third kappa shape index (κ3) is 4.71. The Morgan fingerprint density at radius 2 is 2.08 bits per heavy atom. The van der Waals surface area contributed by atoms with Crippen LogP contribution in [0.1, 0.15) is 48.0 Å². The SMILES string of the molecule is CN(Cc1ccccc1NC(=O)c1cnn(CCO)c1)C1CCCCC1. The van der Waals surface area contributed by atoms with E-state index >= 15 is 0 Å². The molecule has 0 radical (unpaired) electrons. The number of nitrogens with one attached hydrogen (secondary N) is 1. The third-order valence-corrected chi connectivity index (χ3v) is 5.11. The van der Waals surface area contributed by atoms with Crippen LogP contribution < -0.4 is 5.32 Å². The van der Waals surface area contributed by atoms with Crippen molar-refractivity contribution in [2.24, 2.45) is 0 Å². The van der Waals surface area contributed by atoms with E-state index in [0.717, 1.165) is 17.8 Å². The van der Waals surface area contributed by atoms with Crippen molar-refractivity contribution in [3.8, 4) is 0 Å². The topological polar surface area (TPSA) is 70.4 Å². The van der Waals surface area contributed by atoms with E-state index in [2.05, 4.69) is 28.4 Å². The lowest BCUT2D eigenvalue weighted by Crippen LogP contribution is -2.33. The number of hydrogen-bond donors (Lipinski definition) is 2. The Morgan fingerprint density at radius 1 is 1.31 bits per heavy atom. The number of carbonyl (C=O) groups is 1. The second kappa shape index (κ2) is 8.96. The average Bonchev–Trinajstić information content (AvgIpc) is 3.13. The normalized spacial score (nSPS) is 15.3. The van der Waals surface area contributed by atoms with Crippen LogP contribution in [0.25, 0.3) is 0 Å². The predicted octanol–water partition coefficient (Wildman–Crippen LogP) is 2.89. The number of amides is 1. The second-order valence-electron chi connectivity index (χ2n) is 7.03. The minimum atomic E-state index is -0.179. The summed E-state index contributed by atoms with van der Waals surface area (Å²) in [4.78, 5) is 14.9. The molecule has 2 N–H and O–H groups in total. The van der Waals surface area contributed by atoms with Crippen molar-refractivity contribution in [1.29, 1.82) is 0 Å². The van der Waals surface area contributed by atoms with Gasteiger partial charge < -0.3 is 10.4 Å². The monoisotopic (exact) mass is 356 g/mol. The van der Waals surface area contributed by atoms with Gasteiger partial charge in [0.1, 0.15) is 0 Å². The lowest BCUT2D eigenvalue weighted by molar-refractivity contribution is 0.102. The Kier molecular flexibility index (Phi) is 6.41. The Labute approximate surface area is 154 Å². The van der Waals surface area contributed by atoms with Crippen molar-refractivity contribution in [1.82, 2.24) is 14.7 Å². The zero-order valence-corrected chi connectivity index (χ0v) is 15.4. The largest absolute Gasteiger partial charge is 0.394 e. The van der Waals surface area contributed by atoms with Crippen LogP contribution in [0.3, 0.4) is 0 Å². The van der Waals surface area contributed by atoms with Crippen LogP contribution in [0.15, 0.2) is 36.7 Å². The van der Waals surface area contributed by atoms with E-state index in [-0.39, 0.29) is 12.5 Å². The molecule has 1 heterocycles. The molecule has 1 aromatic heterocycles. The first-order valence-corrected chi connectivity index (χ1v) is 9.40. The van der Waals surface area contributed by atoms with E-state index < -0.39 is 0 Å². The van der Waals surface area contributed by atoms with Crippen molar-refractivity contribution in [2.45, 2.75) is 51.2 Å². The first kappa shape index (κ1) is 18.6. The predicted molar refractivity (Wildman–Crippen MR) is 102 cm³/mol. The molecule has 2 aromatic rings. The third-order valence-electron chi connectivity index (χ3n) is 5.11. The van der Waals surface area contributed by atoms with Gasteiger partial charge in [0.05, 0.1) is 24.9 Å². The maximum atomic E-state index is 12.5. The van der Waals surface area contributed by atoms with Crippen molar-refractivity contribution < 1.29 is 9.90 Å². The fourth-order valence-electron chi connectivity index (χ4n) is 3.60. The number of para-hydroxylation sites is 1. The number of aliphatic hydroxyl groups is 1. The molecular weight excluding hydrogens is 328 g/mol. The number of carbonyl (C=O) groups excluding carboxylic acids is 1. The van der Waals surface area contributed by atoms with E-state index in [1.807, 2.05) is 18.2 Å². The smallest absolute Gasteiger partial charge is 0.258 e. The molecule has 6 nitrogen and oxygen atoms in total. The van der Waals surface area contributed by atoms with Crippen molar-refractivity contribution in [2.75, 3.05) is 19.0 Å². The fourth-order valence-corrected chi connectivity index (χ4v) is 3.60. The molecule has 3 rings (SSSR count). The number of aromatic nitrogens is 2. The van der Waals surface area contributed by atoms with Crippen LogP contribution in [0.4, 0.5) is 5.69 Å². The maximum Gasteiger partial charge on any atom is 0.258 e. The lowest BCUT2D eigenvalue weighted by atomic mass is 9.94. The van der Waals surface area contributed by atoms with Gasteiger partial charge in [-0.1, -0.05) is 37.5 Å². The zero-order valence-electron chi connectivity index (χ0n) is 15.4. The number of aliphatic hydroxyl groups excluding tert-OH is 1. The van der Waals surface area contributed by atoms with Gasteiger partial charge in [0.25, 0.3) is 5.91 Å². The molecule has 1 aromatic carbocycles. The molecule has 0 aliphatic heterocycles. The van der Waals surface area contributed by atoms with Crippen LogP contribution in [0, 0.1) is 0 Å². The van der Waals surface area contributed by atoms with Crippen LogP contribution in [0.2, 0.25) is 0 Å². The lowest BCUT2D eigenvalue weighted by Gasteiger charge is -2.31. The second-order valence-corrected chi connectivity index (χ2v) is 7.03. The van der Waals surface area contributed by atoms with Gasteiger partial charge >= 0.3 is 0 Å². The van der Waals surface area contributed by atoms with Gasteiger partial charge in [-0.2, -0.15) is 5.10 Å². The Balaban J connectivity index is 1.67. The molecule has 0 unspecified atom stereocenters. The minimum absolute atomic E-state index is 0.000919. The zero-order chi connectivity index (χ0) is 18.4. The highest BCUT2D eigenvalue weighted by Crippen LogP contribution is 2.25. The van der Waals surface area contributed by atoms with E-state index in [1.165, 1.54) is 38.3 Å². The summed E-state index contributed by atoms with van der Waals surface area (Å²) in [5.41, 5.74) is 2.46. The quantitative estimate of drug-likeness (QED) is 0.800. The molecule has 0 spiro atoms. The molecule has 0 atom stereocenters. The molecule has 0 saturated heterocycles. The summed E-state index contributed by atoms with van der Waals surface area (Å²) in [5.74, 6) is -0.179. The molecule has 26 heavy (non-hydrogen) atoms. The summed E-state index contributed by atoms with van der Waals surface area (Å²) in [5, 5.41) is 16.1. The Morgan fingerprint density at radius 3 is 2.85 bits per heavy atom. The number of rotatable bonds is 7. The minimum Gasteiger partial charge on any atom is -0.394 e. The van der Waals surface area contributed by atoms with Crippen LogP contribution in [-0.2, 0) is 13.1 Å². The molecule has 1 aliphatic carbocycles. The van der Waals surface area contributed by atoms with Gasteiger partial charge in [-0.25, -0.2) is 0 Å². The summed E-state index contributed by atoms with van der Waals surface area (Å²) in [6, 6.07) is 8.60. The molecule has 1 fully saturated rings. The fraction of sp³-hybridized carbons (Fsp3) is 0.500. The first-order chi connectivity index (χ1) is 12.7. The van der Waals surface area contributed by atoms with Gasteiger partial charge in [-0.3, -0.25) is 14.4 Å². The Hall–Kier alpha value is -2.18.